The van der Waals surface area contributed by atoms with Gasteiger partial charge in [-0.1, -0.05) is 0 Å². The summed E-state index contributed by atoms with van der Waals surface area (Å²) in [7, 11) is 0. The minimum absolute atomic E-state index is 0.0923. The number of hydrogen-bond acceptors (Lipinski definition) is 6. The molecule has 0 saturated carbocycles. The zero-order chi connectivity index (χ0) is 20.4. The Labute approximate surface area is 158 Å². The number of nitrogens with one attached hydrogen (secondary N) is 2. The predicted octanol–water partition coefficient (Wildman–Crippen LogP) is 0.668. The van der Waals surface area contributed by atoms with E-state index in [-0.39, 0.29) is 36.6 Å². The van der Waals surface area contributed by atoms with Crippen molar-refractivity contribution in [1.82, 2.24) is 10.6 Å². The first-order valence-electron chi connectivity index (χ1n) is 8.75. The van der Waals surface area contributed by atoms with E-state index in [0.717, 1.165) is 6.07 Å². The number of carbonyl (C=O) groups is 4. The molecule has 0 unspecified atom stereocenters. The summed E-state index contributed by atoms with van der Waals surface area (Å²) in [6.07, 6.45) is -1.23. The number of barbiturate groups is 1. The smallest absolute Gasteiger partial charge is 0.328 e. The highest BCUT2D eigenvalue weighted by atomic mass is 19.2. The number of ether oxygens (including phenoxy) is 1. The van der Waals surface area contributed by atoms with Crippen LogP contribution in [-0.4, -0.2) is 48.9 Å². The van der Waals surface area contributed by atoms with Crippen LogP contribution in [0.3, 0.4) is 0 Å². The van der Waals surface area contributed by atoms with Gasteiger partial charge in [-0.05, 0) is 25.5 Å². The summed E-state index contributed by atoms with van der Waals surface area (Å²) >= 11 is 0. The lowest BCUT2D eigenvalue weighted by Crippen LogP contribution is -2.75. The number of aldehydes is 1. The zero-order valence-electron chi connectivity index (χ0n) is 15.0. The molecule has 1 spiro atoms. The molecule has 0 aliphatic carbocycles. The summed E-state index contributed by atoms with van der Waals surface area (Å²) in [5, 5.41) is 4.18. The Balaban J connectivity index is 1.99. The third kappa shape index (κ3) is 2.30. The molecule has 2 saturated heterocycles. The highest BCUT2D eigenvalue weighted by Crippen LogP contribution is 2.48. The number of anilines is 1. The van der Waals surface area contributed by atoms with Crippen molar-refractivity contribution in [2.24, 2.45) is 5.41 Å². The summed E-state index contributed by atoms with van der Waals surface area (Å²) < 4.78 is 35.0. The molecule has 2 fully saturated rings. The highest BCUT2D eigenvalue weighted by Gasteiger charge is 2.63. The van der Waals surface area contributed by atoms with E-state index in [1.807, 2.05) is 0 Å². The Morgan fingerprint density at radius 1 is 1.18 bits per heavy atom. The second-order valence-corrected chi connectivity index (χ2v) is 7.35. The second-order valence-electron chi connectivity index (χ2n) is 7.35. The standard InChI is InChI=1S/C18H17F2N3O5/c1-7-5-23-13-9(3-10(6-24)11(19)12(13)20)4-18(14(23)8(2)28-7)15(25)21-17(27)22-16(18)26/h3,6-8,14H,4-5H2,1-2H3,(H2,21,22,25,26,27)/t7-,8+,14-/m1/s1. The lowest BCUT2D eigenvalue weighted by Gasteiger charge is -2.55. The number of nitrogens with zero attached hydrogens (tertiary/aromatic N) is 1. The van der Waals surface area contributed by atoms with E-state index in [0.29, 0.717) is 0 Å². The molecule has 0 radical (unpaired) electrons. The molecule has 1 aromatic carbocycles. The Hall–Kier alpha value is -2.88. The van der Waals surface area contributed by atoms with E-state index < -0.39 is 52.6 Å². The molecule has 4 amide bonds. The van der Waals surface area contributed by atoms with Crippen molar-refractivity contribution in [2.75, 3.05) is 11.4 Å². The number of fused-ring (bicyclic) bond motifs is 4. The number of hydrogen-bond donors (Lipinski definition) is 2. The number of amides is 4. The van der Waals surface area contributed by atoms with Crippen molar-refractivity contribution in [3.05, 3.63) is 28.8 Å². The number of morpholine rings is 1. The molecule has 0 bridgehead atoms. The highest BCUT2D eigenvalue weighted by molar-refractivity contribution is 6.20. The lowest BCUT2D eigenvalue weighted by atomic mass is 9.66. The van der Waals surface area contributed by atoms with Crippen LogP contribution >= 0.6 is 0 Å². The van der Waals surface area contributed by atoms with Gasteiger partial charge in [0.05, 0.1) is 29.5 Å². The molecular weight excluding hydrogens is 376 g/mol. The third-order valence-electron chi connectivity index (χ3n) is 5.62. The summed E-state index contributed by atoms with van der Waals surface area (Å²) in [4.78, 5) is 49.9. The van der Waals surface area contributed by atoms with Crippen LogP contribution in [0.5, 0.6) is 0 Å². The number of carbonyl (C=O) groups excluding carboxylic acids is 4. The van der Waals surface area contributed by atoms with Crippen LogP contribution in [0.1, 0.15) is 29.8 Å². The van der Waals surface area contributed by atoms with Crippen molar-refractivity contribution < 1.29 is 32.7 Å². The SMILES string of the molecule is C[C@@H]1CN2c3c(cc(C=O)c(F)c3F)CC3(C(=O)NC(=O)NC3=O)[C@H]2[C@H](C)O1. The molecule has 3 heterocycles. The molecular formula is C18H17F2N3O5. The normalized spacial score (nSPS) is 28.4. The number of rotatable bonds is 1. The van der Waals surface area contributed by atoms with Gasteiger partial charge in [-0.15, -0.1) is 0 Å². The van der Waals surface area contributed by atoms with Gasteiger partial charge in [0, 0.05) is 13.0 Å². The van der Waals surface area contributed by atoms with Crippen molar-refractivity contribution in [2.45, 2.75) is 38.5 Å². The molecule has 2 N–H and O–H groups in total. The van der Waals surface area contributed by atoms with Crippen molar-refractivity contribution in [1.29, 1.82) is 0 Å². The Morgan fingerprint density at radius 3 is 2.43 bits per heavy atom. The van der Waals surface area contributed by atoms with Crippen LogP contribution in [0.15, 0.2) is 6.07 Å². The molecule has 3 aliphatic heterocycles. The summed E-state index contributed by atoms with van der Waals surface area (Å²) in [6, 6.07) is -0.782. The molecule has 0 aromatic heterocycles. The first kappa shape index (κ1) is 18.5. The summed E-state index contributed by atoms with van der Waals surface area (Å²) in [5.74, 6) is -4.19. The maximum atomic E-state index is 14.9. The fraction of sp³-hybridized carbons (Fsp3) is 0.444. The average molecular weight is 393 g/mol. The fourth-order valence-corrected chi connectivity index (χ4v) is 4.64. The van der Waals surface area contributed by atoms with E-state index >= 15 is 0 Å². The van der Waals surface area contributed by atoms with Gasteiger partial charge in [0.1, 0.15) is 0 Å². The molecule has 1 aromatic rings. The van der Waals surface area contributed by atoms with Crippen LogP contribution in [0.4, 0.5) is 19.3 Å². The summed E-state index contributed by atoms with van der Waals surface area (Å²) in [5.41, 5.74) is -2.27. The number of imide groups is 2. The van der Waals surface area contributed by atoms with E-state index in [2.05, 4.69) is 10.6 Å². The molecule has 3 atom stereocenters. The van der Waals surface area contributed by atoms with Crippen molar-refractivity contribution in [3.63, 3.8) is 0 Å². The van der Waals surface area contributed by atoms with Gasteiger partial charge >= 0.3 is 6.03 Å². The molecule has 3 aliphatic rings. The minimum Gasteiger partial charge on any atom is -0.372 e. The Morgan fingerprint density at radius 2 is 1.82 bits per heavy atom. The van der Waals surface area contributed by atoms with Crippen LogP contribution in [-0.2, 0) is 20.7 Å². The van der Waals surface area contributed by atoms with Gasteiger partial charge in [-0.2, -0.15) is 0 Å². The molecule has 8 nitrogen and oxygen atoms in total. The van der Waals surface area contributed by atoms with Crippen molar-refractivity contribution in [3.8, 4) is 0 Å². The molecule has 28 heavy (non-hydrogen) atoms. The molecule has 148 valence electrons. The first-order chi connectivity index (χ1) is 13.2. The van der Waals surface area contributed by atoms with E-state index in [1.165, 1.54) is 4.90 Å². The van der Waals surface area contributed by atoms with Crippen LogP contribution in [0.25, 0.3) is 0 Å². The largest absolute Gasteiger partial charge is 0.372 e. The predicted molar refractivity (Wildman–Crippen MR) is 90.7 cm³/mol. The van der Waals surface area contributed by atoms with E-state index in [1.54, 1.807) is 13.8 Å². The van der Waals surface area contributed by atoms with E-state index in [9.17, 15) is 28.0 Å². The Bertz CT molecular complexity index is 914. The van der Waals surface area contributed by atoms with Gasteiger partial charge < -0.3 is 9.64 Å². The van der Waals surface area contributed by atoms with Crippen LogP contribution in [0, 0.1) is 17.0 Å². The first-order valence-corrected chi connectivity index (χ1v) is 8.75. The van der Waals surface area contributed by atoms with E-state index in [4.69, 9.17) is 4.74 Å². The summed E-state index contributed by atoms with van der Waals surface area (Å²) in [6.45, 7) is 3.45. The Kier molecular flexibility index (Phi) is 4.00. The number of halogens is 2. The van der Waals surface area contributed by atoms with Gasteiger partial charge in [0.25, 0.3) is 0 Å². The quantitative estimate of drug-likeness (QED) is 0.537. The maximum absolute atomic E-state index is 14.9. The fourth-order valence-electron chi connectivity index (χ4n) is 4.64. The number of urea groups is 1. The zero-order valence-corrected chi connectivity index (χ0v) is 15.0. The monoisotopic (exact) mass is 393 g/mol. The minimum atomic E-state index is -1.80. The van der Waals surface area contributed by atoms with Crippen LogP contribution < -0.4 is 15.5 Å². The third-order valence-corrected chi connectivity index (χ3v) is 5.62. The van der Waals surface area contributed by atoms with Gasteiger partial charge in [0.2, 0.25) is 11.8 Å². The molecule has 10 heteroatoms. The lowest BCUT2D eigenvalue weighted by molar-refractivity contribution is -0.153. The van der Waals surface area contributed by atoms with Gasteiger partial charge in [-0.25, -0.2) is 13.6 Å². The van der Waals surface area contributed by atoms with Gasteiger partial charge in [0.15, 0.2) is 23.3 Å². The van der Waals surface area contributed by atoms with Crippen LogP contribution in [0.2, 0.25) is 0 Å². The molecule has 4 rings (SSSR count). The van der Waals surface area contributed by atoms with Gasteiger partial charge in [-0.3, -0.25) is 25.0 Å². The number of benzene rings is 1. The second kappa shape index (κ2) is 6.06. The maximum Gasteiger partial charge on any atom is 0.328 e. The average Bonchev–Trinajstić information content (AvgIpc) is 2.61. The topological polar surface area (TPSA) is 105 Å². The van der Waals surface area contributed by atoms with Crippen molar-refractivity contribution >= 4 is 29.8 Å².